The highest BCUT2D eigenvalue weighted by atomic mass is 16.6. The van der Waals surface area contributed by atoms with E-state index in [-0.39, 0.29) is 0 Å². The molecule has 0 fully saturated rings. The summed E-state index contributed by atoms with van der Waals surface area (Å²) in [7, 11) is 0. The van der Waals surface area contributed by atoms with E-state index >= 15 is 0 Å². The summed E-state index contributed by atoms with van der Waals surface area (Å²) in [6, 6.07) is 14.0. The molecule has 0 aliphatic carbocycles. The number of hydrogen-bond donors (Lipinski definition) is 0. The van der Waals surface area contributed by atoms with E-state index in [1.807, 2.05) is 30.3 Å². The first-order valence-corrected chi connectivity index (χ1v) is 5.54. The lowest BCUT2D eigenvalue weighted by molar-refractivity contribution is 0.149. The average molecular weight is 226 g/mol. The zero-order valence-corrected chi connectivity index (χ0v) is 9.49. The lowest BCUT2D eigenvalue weighted by atomic mass is 10.2. The van der Waals surface area contributed by atoms with Crippen LogP contribution in [-0.4, -0.2) is 17.8 Å². The maximum absolute atomic E-state index is 5.19. The summed E-state index contributed by atoms with van der Waals surface area (Å²) in [5, 5.41) is 3.90. The van der Waals surface area contributed by atoms with Crippen LogP contribution in [0.4, 0.5) is 0 Å². The van der Waals surface area contributed by atoms with E-state index in [1.54, 1.807) is 18.6 Å². The van der Waals surface area contributed by atoms with Crippen LogP contribution in [0.1, 0.15) is 11.1 Å². The predicted molar refractivity (Wildman–Crippen MR) is 67.9 cm³/mol. The summed E-state index contributed by atoms with van der Waals surface area (Å²) in [5.41, 5.74) is 2.24. The van der Waals surface area contributed by atoms with E-state index in [2.05, 4.69) is 22.3 Å². The van der Waals surface area contributed by atoms with Crippen molar-refractivity contribution >= 4 is 6.21 Å². The number of oxime groups is 1. The van der Waals surface area contributed by atoms with Gasteiger partial charge in [-0.1, -0.05) is 35.5 Å². The van der Waals surface area contributed by atoms with Gasteiger partial charge in [-0.15, -0.1) is 0 Å². The zero-order chi connectivity index (χ0) is 11.8. The monoisotopic (exact) mass is 226 g/mol. The summed E-state index contributed by atoms with van der Waals surface area (Å²) in [6.45, 7) is 0.589. The molecule has 2 aromatic rings. The van der Waals surface area contributed by atoms with Gasteiger partial charge in [0.15, 0.2) is 0 Å². The first-order chi connectivity index (χ1) is 8.45. The van der Waals surface area contributed by atoms with E-state index in [0.29, 0.717) is 6.61 Å². The number of rotatable bonds is 5. The molecule has 3 nitrogen and oxygen atoms in total. The predicted octanol–water partition coefficient (Wildman–Crippen LogP) is 2.67. The van der Waals surface area contributed by atoms with Crippen molar-refractivity contribution in [3.8, 4) is 0 Å². The molecule has 86 valence electrons. The van der Waals surface area contributed by atoms with Gasteiger partial charge in [0.25, 0.3) is 0 Å². The van der Waals surface area contributed by atoms with E-state index < -0.39 is 0 Å². The van der Waals surface area contributed by atoms with Gasteiger partial charge >= 0.3 is 0 Å². The van der Waals surface area contributed by atoms with Gasteiger partial charge in [-0.05, 0) is 23.3 Å². The highest BCUT2D eigenvalue weighted by Gasteiger charge is 1.90. The van der Waals surface area contributed by atoms with Crippen LogP contribution in [0, 0.1) is 0 Å². The molecule has 0 aliphatic heterocycles. The van der Waals surface area contributed by atoms with Crippen molar-refractivity contribution in [2.75, 3.05) is 6.61 Å². The van der Waals surface area contributed by atoms with Crippen molar-refractivity contribution in [3.05, 3.63) is 66.0 Å². The van der Waals surface area contributed by atoms with Gasteiger partial charge in [0.05, 0.1) is 6.21 Å². The highest BCUT2D eigenvalue weighted by Crippen LogP contribution is 1.99. The Balaban J connectivity index is 1.72. The Morgan fingerprint density at radius 1 is 1.06 bits per heavy atom. The fourth-order valence-electron chi connectivity index (χ4n) is 1.41. The van der Waals surface area contributed by atoms with Crippen molar-refractivity contribution in [2.24, 2.45) is 5.16 Å². The molecule has 0 unspecified atom stereocenters. The molecular formula is C14H14N2O. The Morgan fingerprint density at radius 2 is 1.82 bits per heavy atom. The summed E-state index contributed by atoms with van der Waals surface area (Å²) < 4.78 is 0. The minimum absolute atomic E-state index is 0.589. The Bertz CT molecular complexity index is 454. The van der Waals surface area contributed by atoms with E-state index in [0.717, 1.165) is 12.0 Å². The molecule has 0 N–H and O–H groups in total. The van der Waals surface area contributed by atoms with Crippen molar-refractivity contribution in [1.82, 2.24) is 4.98 Å². The third-order valence-electron chi connectivity index (χ3n) is 2.31. The number of pyridine rings is 1. The van der Waals surface area contributed by atoms with Crippen LogP contribution >= 0.6 is 0 Å². The number of benzene rings is 1. The standard InChI is InChI=1S/C14H14N2O/c1-2-4-13(5-3-1)8-11-17-16-12-14-6-9-15-10-7-14/h1-7,9-10,12H,8,11H2/b16-12+. The second-order valence-corrected chi connectivity index (χ2v) is 3.58. The maximum Gasteiger partial charge on any atom is 0.121 e. The molecule has 1 heterocycles. The van der Waals surface area contributed by atoms with Crippen LogP contribution in [0.3, 0.4) is 0 Å². The molecule has 0 amide bonds. The van der Waals surface area contributed by atoms with Gasteiger partial charge in [-0.2, -0.15) is 0 Å². The second kappa shape index (κ2) is 6.43. The fourth-order valence-corrected chi connectivity index (χ4v) is 1.41. The summed E-state index contributed by atoms with van der Waals surface area (Å²) in [5.74, 6) is 0. The quantitative estimate of drug-likeness (QED) is 0.446. The van der Waals surface area contributed by atoms with Gasteiger partial charge in [-0.25, -0.2) is 0 Å². The Kier molecular flexibility index (Phi) is 4.28. The van der Waals surface area contributed by atoms with Crippen LogP contribution in [0.2, 0.25) is 0 Å². The molecule has 3 heteroatoms. The lowest BCUT2D eigenvalue weighted by Crippen LogP contribution is -1.94. The molecule has 0 spiro atoms. The van der Waals surface area contributed by atoms with Crippen LogP contribution in [0.25, 0.3) is 0 Å². The zero-order valence-electron chi connectivity index (χ0n) is 9.49. The summed E-state index contributed by atoms with van der Waals surface area (Å²) in [4.78, 5) is 9.12. The van der Waals surface area contributed by atoms with Gasteiger partial charge in [0.2, 0.25) is 0 Å². The summed E-state index contributed by atoms with van der Waals surface area (Å²) >= 11 is 0. The van der Waals surface area contributed by atoms with Crippen molar-refractivity contribution in [2.45, 2.75) is 6.42 Å². The van der Waals surface area contributed by atoms with Crippen LogP contribution in [0.15, 0.2) is 60.0 Å². The van der Waals surface area contributed by atoms with Crippen molar-refractivity contribution in [1.29, 1.82) is 0 Å². The van der Waals surface area contributed by atoms with Gasteiger partial charge in [0.1, 0.15) is 6.61 Å². The third-order valence-corrected chi connectivity index (χ3v) is 2.31. The molecule has 0 bridgehead atoms. The number of nitrogens with zero attached hydrogens (tertiary/aromatic N) is 2. The lowest BCUT2D eigenvalue weighted by Gasteiger charge is -1.99. The smallest absolute Gasteiger partial charge is 0.121 e. The number of aromatic nitrogens is 1. The van der Waals surface area contributed by atoms with Crippen molar-refractivity contribution in [3.63, 3.8) is 0 Å². The molecular weight excluding hydrogens is 212 g/mol. The van der Waals surface area contributed by atoms with E-state index in [9.17, 15) is 0 Å². The first-order valence-electron chi connectivity index (χ1n) is 5.54. The molecule has 0 saturated carbocycles. The van der Waals surface area contributed by atoms with Crippen LogP contribution in [0.5, 0.6) is 0 Å². The molecule has 2 rings (SSSR count). The minimum Gasteiger partial charge on any atom is -0.395 e. The SMILES string of the molecule is C(=N\OCCc1ccccc1)/c1ccncc1. The topological polar surface area (TPSA) is 34.5 Å². The van der Waals surface area contributed by atoms with Crippen molar-refractivity contribution < 1.29 is 4.84 Å². The minimum atomic E-state index is 0.589. The third kappa shape index (κ3) is 4.07. The Hall–Kier alpha value is -2.16. The summed E-state index contributed by atoms with van der Waals surface area (Å²) in [6.07, 6.45) is 6.01. The molecule has 0 atom stereocenters. The Labute approximate surface area is 101 Å². The average Bonchev–Trinajstić information content (AvgIpc) is 2.41. The highest BCUT2D eigenvalue weighted by molar-refractivity contribution is 5.78. The first kappa shape index (κ1) is 11.3. The van der Waals surface area contributed by atoms with Gasteiger partial charge in [-0.3, -0.25) is 4.98 Å². The Morgan fingerprint density at radius 3 is 2.59 bits per heavy atom. The fraction of sp³-hybridized carbons (Fsp3) is 0.143. The molecule has 0 radical (unpaired) electrons. The normalized spacial score (nSPS) is 10.6. The van der Waals surface area contributed by atoms with Gasteiger partial charge < -0.3 is 4.84 Å². The molecule has 0 saturated heterocycles. The second-order valence-electron chi connectivity index (χ2n) is 3.58. The number of hydrogen-bond acceptors (Lipinski definition) is 3. The molecule has 0 aliphatic rings. The largest absolute Gasteiger partial charge is 0.395 e. The molecule has 17 heavy (non-hydrogen) atoms. The van der Waals surface area contributed by atoms with Gasteiger partial charge in [0, 0.05) is 18.8 Å². The van der Waals surface area contributed by atoms with Crippen LogP contribution in [-0.2, 0) is 11.3 Å². The molecule has 1 aromatic heterocycles. The van der Waals surface area contributed by atoms with E-state index in [1.165, 1.54) is 5.56 Å². The van der Waals surface area contributed by atoms with Crippen LogP contribution < -0.4 is 0 Å². The van der Waals surface area contributed by atoms with E-state index in [4.69, 9.17) is 4.84 Å². The molecule has 1 aromatic carbocycles. The maximum atomic E-state index is 5.19.